The van der Waals surface area contributed by atoms with Crippen molar-refractivity contribution in [3.05, 3.63) is 48.2 Å². The van der Waals surface area contributed by atoms with Crippen molar-refractivity contribution >= 4 is 15.0 Å². The molecular weight excluding hydrogens is 328 g/mol. The van der Waals surface area contributed by atoms with Crippen LogP contribution in [0.25, 0.3) is 0 Å². The minimum absolute atomic E-state index is 0.0144. The quantitative estimate of drug-likeness (QED) is 0.517. The topological polar surface area (TPSA) is 48.4 Å². The van der Waals surface area contributed by atoms with Crippen molar-refractivity contribution in [2.75, 3.05) is 0 Å². The minimum Gasteiger partial charge on any atom is -0.455 e. The van der Waals surface area contributed by atoms with Gasteiger partial charge in [0.2, 0.25) is 5.88 Å². The summed E-state index contributed by atoms with van der Waals surface area (Å²) in [4.78, 5) is 15.7. The third-order valence-electron chi connectivity index (χ3n) is 2.72. The highest BCUT2D eigenvalue weighted by Gasteiger charge is 2.17. The van der Waals surface area contributed by atoms with Gasteiger partial charge in [-0.3, -0.25) is 4.79 Å². The first-order valence-electron chi connectivity index (χ1n) is 7.81. The maximum absolute atomic E-state index is 13.5. The van der Waals surface area contributed by atoms with E-state index in [1.807, 2.05) is 23.1 Å². The van der Waals surface area contributed by atoms with Crippen LogP contribution in [0.2, 0.25) is 0 Å². The van der Waals surface area contributed by atoms with Crippen molar-refractivity contribution in [1.82, 2.24) is 4.98 Å². The third kappa shape index (κ3) is 6.63. The van der Waals surface area contributed by atoms with Gasteiger partial charge in [0.05, 0.1) is 0 Å². The Morgan fingerprint density at radius 3 is 2.54 bits per heavy atom. The number of aromatic nitrogens is 1. The van der Waals surface area contributed by atoms with E-state index >= 15 is 0 Å². The van der Waals surface area contributed by atoms with Crippen molar-refractivity contribution in [3.63, 3.8) is 0 Å². The van der Waals surface area contributed by atoms with Crippen LogP contribution in [0.3, 0.4) is 0 Å². The Kier molecular flexibility index (Phi) is 7.80. The Bertz CT molecular complexity index is 671. The van der Waals surface area contributed by atoms with Gasteiger partial charge in [0, 0.05) is 37.2 Å². The molecule has 0 amide bonds. The van der Waals surface area contributed by atoms with Crippen molar-refractivity contribution in [3.8, 4) is 17.4 Å². The maximum atomic E-state index is 13.5. The van der Waals surface area contributed by atoms with Gasteiger partial charge in [0.1, 0.15) is 11.5 Å². The molecule has 0 saturated heterocycles. The number of Topliss-reactive ketones (excluding diaryl/α,β-unsaturated/α-hetero) is 1. The molecule has 24 heavy (non-hydrogen) atoms. The van der Waals surface area contributed by atoms with E-state index < -0.39 is 5.60 Å². The van der Waals surface area contributed by atoms with Crippen LogP contribution in [0.4, 0.5) is 4.39 Å². The third-order valence-corrected chi connectivity index (χ3v) is 2.84. The fourth-order valence-electron chi connectivity index (χ4n) is 1.80. The standard InChI is InChI=1S/C16H17FNO3P.C2H6/c1-3-14(19)11-7-8-18-15(9-11)20-12-5-4-6-13(10-12)21-16(2,17)22;1-2/h4-10H,3,22H2,1-2H3;1-2H3. The summed E-state index contributed by atoms with van der Waals surface area (Å²) < 4.78 is 24.2. The van der Waals surface area contributed by atoms with E-state index in [0.717, 1.165) is 0 Å². The number of alkyl halides is 1. The first-order valence-corrected chi connectivity index (χ1v) is 8.39. The Labute approximate surface area is 144 Å². The lowest BCUT2D eigenvalue weighted by molar-refractivity contribution is 0.0471. The number of ether oxygens (including phenoxy) is 2. The zero-order valence-corrected chi connectivity index (χ0v) is 15.5. The molecule has 1 aromatic heterocycles. The number of benzene rings is 1. The molecule has 0 saturated carbocycles. The molecule has 1 heterocycles. The Hall–Kier alpha value is -2.00. The first kappa shape index (κ1) is 20.0. The molecule has 0 radical (unpaired) electrons. The molecule has 2 rings (SSSR count). The van der Waals surface area contributed by atoms with Crippen molar-refractivity contribution in [2.45, 2.75) is 39.7 Å². The van der Waals surface area contributed by atoms with E-state index in [9.17, 15) is 9.18 Å². The van der Waals surface area contributed by atoms with Gasteiger partial charge in [-0.05, 0) is 18.2 Å². The molecule has 0 aliphatic rings. The van der Waals surface area contributed by atoms with Crippen LogP contribution in [-0.2, 0) is 0 Å². The average molecular weight is 351 g/mol. The van der Waals surface area contributed by atoms with Gasteiger partial charge in [0.15, 0.2) is 5.78 Å². The van der Waals surface area contributed by atoms with E-state index in [4.69, 9.17) is 9.47 Å². The van der Waals surface area contributed by atoms with Crippen molar-refractivity contribution < 1.29 is 18.7 Å². The van der Waals surface area contributed by atoms with E-state index in [1.54, 1.807) is 43.3 Å². The lowest BCUT2D eigenvalue weighted by Crippen LogP contribution is -2.16. The summed E-state index contributed by atoms with van der Waals surface area (Å²) in [5.41, 5.74) is -1.31. The summed E-state index contributed by atoms with van der Waals surface area (Å²) in [6.45, 7) is 7.08. The molecule has 6 heteroatoms. The van der Waals surface area contributed by atoms with E-state index in [0.29, 0.717) is 29.4 Å². The van der Waals surface area contributed by atoms with Crippen molar-refractivity contribution in [2.24, 2.45) is 0 Å². The number of carbonyl (C=O) groups excluding carboxylic acids is 1. The SMILES string of the molecule is CC.CCC(=O)c1ccnc(Oc2cccc(OC(C)(F)P)c2)c1. The number of ketones is 1. The monoisotopic (exact) mass is 351 g/mol. The molecule has 2 atom stereocenters. The first-order chi connectivity index (χ1) is 11.4. The summed E-state index contributed by atoms with van der Waals surface area (Å²) in [7, 11) is 1.96. The average Bonchev–Trinajstić information content (AvgIpc) is 2.55. The van der Waals surface area contributed by atoms with Gasteiger partial charge in [-0.1, -0.05) is 36.1 Å². The summed E-state index contributed by atoms with van der Waals surface area (Å²) in [5, 5.41) is 0. The Balaban J connectivity index is 0.00000139. The number of nitrogens with zero attached hydrogens (tertiary/aromatic N) is 1. The van der Waals surface area contributed by atoms with Gasteiger partial charge in [0.25, 0.3) is 5.60 Å². The molecule has 2 aromatic rings. The second kappa shape index (κ2) is 9.33. The van der Waals surface area contributed by atoms with Crippen LogP contribution < -0.4 is 9.47 Å². The van der Waals surface area contributed by atoms with Crippen molar-refractivity contribution in [1.29, 1.82) is 0 Å². The number of pyridine rings is 1. The summed E-state index contributed by atoms with van der Waals surface area (Å²) in [6.07, 6.45) is 1.93. The molecule has 0 fully saturated rings. The molecule has 0 bridgehead atoms. The second-order valence-electron chi connectivity index (χ2n) is 4.82. The number of hydrogen-bond acceptors (Lipinski definition) is 4. The van der Waals surface area contributed by atoms with E-state index in [1.165, 1.54) is 13.1 Å². The highest BCUT2D eigenvalue weighted by molar-refractivity contribution is 7.18. The van der Waals surface area contributed by atoms with Crippen LogP contribution in [0.15, 0.2) is 42.6 Å². The summed E-state index contributed by atoms with van der Waals surface area (Å²) in [6, 6.07) is 9.77. The molecular formula is C18H23FNO3P. The highest BCUT2D eigenvalue weighted by Crippen LogP contribution is 2.29. The Morgan fingerprint density at radius 2 is 1.92 bits per heavy atom. The molecule has 1 aromatic carbocycles. The van der Waals surface area contributed by atoms with Gasteiger partial charge >= 0.3 is 0 Å². The van der Waals surface area contributed by atoms with Crippen LogP contribution >= 0.6 is 9.24 Å². The fourth-order valence-corrected chi connectivity index (χ4v) is 1.93. The predicted molar refractivity (Wildman–Crippen MR) is 96.6 cm³/mol. The minimum atomic E-state index is -1.86. The lowest BCUT2D eigenvalue weighted by Gasteiger charge is -2.17. The molecule has 0 spiro atoms. The molecule has 4 nitrogen and oxygen atoms in total. The number of hydrogen-bond donors (Lipinski definition) is 0. The Morgan fingerprint density at radius 1 is 1.25 bits per heavy atom. The number of carbonyl (C=O) groups is 1. The number of halogens is 1. The highest BCUT2D eigenvalue weighted by atomic mass is 31.0. The van der Waals surface area contributed by atoms with Gasteiger partial charge in [-0.2, -0.15) is 4.39 Å². The predicted octanol–water partition coefficient (Wildman–Crippen LogP) is 5.39. The maximum Gasteiger partial charge on any atom is 0.256 e. The summed E-state index contributed by atoms with van der Waals surface area (Å²) >= 11 is 0. The van der Waals surface area contributed by atoms with Crippen LogP contribution in [0.5, 0.6) is 17.4 Å². The van der Waals surface area contributed by atoms with Crippen LogP contribution in [0.1, 0.15) is 44.5 Å². The normalized spacial score (nSPS) is 12.4. The lowest BCUT2D eigenvalue weighted by atomic mass is 10.1. The molecule has 2 unspecified atom stereocenters. The zero-order valence-electron chi connectivity index (χ0n) is 14.4. The smallest absolute Gasteiger partial charge is 0.256 e. The van der Waals surface area contributed by atoms with Gasteiger partial charge < -0.3 is 9.47 Å². The molecule has 130 valence electrons. The van der Waals surface area contributed by atoms with Crippen LogP contribution in [0, 0.1) is 0 Å². The summed E-state index contributed by atoms with van der Waals surface area (Å²) in [5.74, 6) is 1.09. The fraction of sp³-hybridized carbons (Fsp3) is 0.333. The zero-order chi connectivity index (χ0) is 18.2. The van der Waals surface area contributed by atoms with Crippen LogP contribution in [-0.4, -0.2) is 16.4 Å². The molecule has 0 aliphatic carbocycles. The van der Waals surface area contributed by atoms with Gasteiger partial charge in [-0.25, -0.2) is 4.98 Å². The largest absolute Gasteiger partial charge is 0.455 e. The van der Waals surface area contributed by atoms with E-state index in [2.05, 4.69) is 4.98 Å². The number of rotatable bonds is 6. The van der Waals surface area contributed by atoms with E-state index in [-0.39, 0.29) is 5.78 Å². The molecule has 0 aliphatic heterocycles. The van der Waals surface area contributed by atoms with Gasteiger partial charge in [-0.15, -0.1) is 0 Å². The second-order valence-corrected chi connectivity index (χ2v) is 5.86. The molecule has 0 N–H and O–H groups in total.